The highest BCUT2D eigenvalue weighted by Crippen LogP contribution is 2.29. The standard InChI is InChI=1S/C12H17N3S2/c1-4-13-11-9-6-8(3)17-12(9)15-10(14-11)7-16-5-2/h6H,4-5,7H2,1-3H3,(H,13,14,15). The van der Waals surface area contributed by atoms with Crippen LogP contribution < -0.4 is 5.32 Å². The Balaban J connectivity index is 2.42. The van der Waals surface area contributed by atoms with Crippen molar-refractivity contribution in [2.45, 2.75) is 26.5 Å². The fourth-order valence-electron chi connectivity index (χ4n) is 1.65. The molecule has 0 aliphatic carbocycles. The van der Waals surface area contributed by atoms with Gasteiger partial charge in [0.25, 0.3) is 0 Å². The van der Waals surface area contributed by atoms with Gasteiger partial charge in [-0.15, -0.1) is 11.3 Å². The minimum Gasteiger partial charge on any atom is -0.370 e. The zero-order valence-electron chi connectivity index (χ0n) is 10.4. The number of hydrogen-bond acceptors (Lipinski definition) is 5. The predicted octanol–water partition coefficient (Wildman–Crippen LogP) is 3.68. The normalized spacial score (nSPS) is 11.0. The van der Waals surface area contributed by atoms with E-state index in [9.17, 15) is 0 Å². The molecule has 2 aromatic rings. The Morgan fingerprint density at radius 2 is 2.18 bits per heavy atom. The lowest BCUT2D eigenvalue weighted by molar-refractivity contribution is 1.06. The van der Waals surface area contributed by atoms with Crippen molar-refractivity contribution in [2.24, 2.45) is 0 Å². The number of thiophene rings is 1. The van der Waals surface area contributed by atoms with Crippen LogP contribution in [0.4, 0.5) is 5.82 Å². The van der Waals surface area contributed by atoms with E-state index in [-0.39, 0.29) is 0 Å². The third kappa shape index (κ3) is 2.90. The molecule has 0 aromatic carbocycles. The first-order chi connectivity index (χ1) is 8.24. The van der Waals surface area contributed by atoms with Crippen molar-refractivity contribution >= 4 is 39.1 Å². The van der Waals surface area contributed by atoms with Gasteiger partial charge in [-0.05, 0) is 25.7 Å². The van der Waals surface area contributed by atoms with E-state index < -0.39 is 0 Å². The number of aromatic nitrogens is 2. The van der Waals surface area contributed by atoms with E-state index in [0.29, 0.717) is 0 Å². The van der Waals surface area contributed by atoms with Gasteiger partial charge in [0.05, 0.1) is 11.1 Å². The van der Waals surface area contributed by atoms with Gasteiger partial charge >= 0.3 is 0 Å². The number of hydrogen-bond donors (Lipinski definition) is 1. The van der Waals surface area contributed by atoms with Gasteiger partial charge in [-0.3, -0.25) is 0 Å². The lowest BCUT2D eigenvalue weighted by atomic mass is 10.3. The molecular formula is C12H17N3S2. The van der Waals surface area contributed by atoms with Crippen molar-refractivity contribution in [1.82, 2.24) is 9.97 Å². The Labute approximate surface area is 110 Å². The second kappa shape index (κ2) is 5.69. The Hall–Kier alpha value is -0.810. The van der Waals surface area contributed by atoms with Gasteiger partial charge < -0.3 is 5.32 Å². The van der Waals surface area contributed by atoms with Gasteiger partial charge in [0.1, 0.15) is 16.5 Å². The van der Waals surface area contributed by atoms with E-state index in [1.54, 1.807) is 11.3 Å². The molecule has 92 valence electrons. The number of nitrogens with zero attached hydrogens (tertiary/aromatic N) is 2. The number of anilines is 1. The molecule has 0 saturated heterocycles. The molecule has 0 unspecified atom stereocenters. The fraction of sp³-hybridized carbons (Fsp3) is 0.500. The summed E-state index contributed by atoms with van der Waals surface area (Å²) in [6, 6.07) is 2.16. The van der Waals surface area contributed by atoms with Gasteiger partial charge in [0.2, 0.25) is 0 Å². The summed E-state index contributed by atoms with van der Waals surface area (Å²) < 4.78 is 0. The Morgan fingerprint density at radius 3 is 2.88 bits per heavy atom. The predicted molar refractivity (Wildman–Crippen MR) is 78.2 cm³/mol. The topological polar surface area (TPSA) is 37.8 Å². The molecule has 0 amide bonds. The molecule has 0 spiro atoms. The number of aryl methyl sites for hydroxylation is 1. The smallest absolute Gasteiger partial charge is 0.142 e. The van der Waals surface area contributed by atoms with Crippen LogP contribution in [0.2, 0.25) is 0 Å². The quantitative estimate of drug-likeness (QED) is 0.896. The van der Waals surface area contributed by atoms with Crippen molar-refractivity contribution in [3.05, 3.63) is 16.8 Å². The first-order valence-corrected chi connectivity index (χ1v) is 7.80. The molecule has 0 atom stereocenters. The first-order valence-electron chi connectivity index (χ1n) is 5.83. The van der Waals surface area contributed by atoms with Gasteiger partial charge in [0, 0.05) is 11.4 Å². The van der Waals surface area contributed by atoms with E-state index in [4.69, 9.17) is 0 Å². The van der Waals surface area contributed by atoms with Crippen molar-refractivity contribution in [2.75, 3.05) is 17.6 Å². The number of thioether (sulfide) groups is 1. The molecule has 2 rings (SSSR count). The average molecular weight is 267 g/mol. The van der Waals surface area contributed by atoms with Crippen LogP contribution >= 0.6 is 23.1 Å². The average Bonchev–Trinajstić information content (AvgIpc) is 2.67. The Bertz CT molecular complexity index is 508. The van der Waals surface area contributed by atoms with Crippen molar-refractivity contribution in [3.63, 3.8) is 0 Å². The molecule has 0 aliphatic rings. The maximum atomic E-state index is 4.62. The maximum Gasteiger partial charge on any atom is 0.142 e. The van der Waals surface area contributed by atoms with Crippen molar-refractivity contribution < 1.29 is 0 Å². The fourth-order valence-corrected chi connectivity index (χ4v) is 3.06. The Morgan fingerprint density at radius 1 is 1.35 bits per heavy atom. The maximum absolute atomic E-state index is 4.62. The second-order valence-electron chi connectivity index (χ2n) is 3.73. The minimum absolute atomic E-state index is 0.890. The first kappa shape index (κ1) is 12.6. The van der Waals surface area contributed by atoms with E-state index in [0.717, 1.165) is 39.9 Å². The van der Waals surface area contributed by atoms with E-state index in [1.807, 2.05) is 11.8 Å². The van der Waals surface area contributed by atoms with Gasteiger partial charge in [0.15, 0.2) is 0 Å². The lowest BCUT2D eigenvalue weighted by Crippen LogP contribution is -2.03. The molecule has 0 bridgehead atoms. The summed E-state index contributed by atoms with van der Waals surface area (Å²) in [7, 11) is 0. The highest BCUT2D eigenvalue weighted by molar-refractivity contribution is 7.98. The van der Waals surface area contributed by atoms with E-state index in [1.165, 1.54) is 4.88 Å². The minimum atomic E-state index is 0.890. The van der Waals surface area contributed by atoms with Crippen LogP contribution in [0.25, 0.3) is 10.2 Å². The summed E-state index contributed by atoms with van der Waals surface area (Å²) in [6.07, 6.45) is 0. The van der Waals surface area contributed by atoms with Crippen LogP contribution in [0.1, 0.15) is 24.5 Å². The summed E-state index contributed by atoms with van der Waals surface area (Å²) in [4.78, 5) is 11.6. The molecule has 1 N–H and O–H groups in total. The third-order valence-corrected chi connectivity index (χ3v) is 4.16. The molecule has 0 fully saturated rings. The van der Waals surface area contributed by atoms with E-state index in [2.05, 4.69) is 42.1 Å². The van der Waals surface area contributed by atoms with E-state index >= 15 is 0 Å². The zero-order valence-corrected chi connectivity index (χ0v) is 12.0. The molecule has 0 saturated carbocycles. The molecule has 3 nitrogen and oxygen atoms in total. The van der Waals surface area contributed by atoms with Crippen molar-refractivity contribution in [1.29, 1.82) is 0 Å². The van der Waals surface area contributed by atoms with Crippen LogP contribution in [0.3, 0.4) is 0 Å². The monoisotopic (exact) mass is 267 g/mol. The lowest BCUT2D eigenvalue weighted by Gasteiger charge is -2.06. The molecular weight excluding hydrogens is 250 g/mol. The van der Waals surface area contributed by atoms with Gasteiger partial charge in [-0.2, -0.15) is 11.8 Å². The van der Waals surface area contributed by atoms with Crippen LogP contribution in [0.15, 0.2) is 6.07 Å². The zero-order chi connectivity index (χ0) is 12.3. The molecule has 2 aromatic heterocycles. The summed E-state index contributed by atoms with van der Waals surface area (Å²) in [6.45, 7) is 7.25. The van der Waals surface area contributed by atoms with Gasteiger partial charge in [-0.1, -0.05) is 6.92 Å². The van der Waals surface area contributed by atoms with Crippen LogP contribution in [0.5, 0.6) is 0 Å². The Kier molecular flexibility index (Phi) is 4.23. The van der Waals surface area contributed by atoms with Crippen LogP contribution in [-0.2, 0) is 5.75 Å². The molecule has 5 heteroatoms. The van der Waals surface area contributed by atoms with Crippen LogP contribution in [0, 0.1) is 6.92 Å². The molecule has 17 heavy (non-hydrogen) atoms. The largest absolute Gasteiger partial charge is 0.370 e. The highest BCUT2D eigenvalue weighted by Gasteiger charge is 2.09. The number of fused-ring (bicyclic) bond motifs is 1. The van der Waals surface area contributed by atoms with Crippen molar-refractivity contribution in [3.8, 4) is 0 Å². The van der Waals surface area contributed by atoms with Gasteiger partial charge in [-0.25, -0.2) is 9.97 Å². The third-order valence-electron chi connectivity index (χ3n) is 2.34. The van der Waals surface area contributed by atoms with Crippen LogP contribution in [-0.4, -0.2) is 22.3 Å². The summed E-state index contributed by atoms with van der Waals surface area (Å²) in [5, 5.41) is 4.48. The summed E-state index contributed by atoms with van der Waals surface area (Å²) >= 11 is 3.59. The molecule has 0 radical (unpaired) electrons. The highest BCUT2D eigenvalue weighted by atomic mass is 32.2. The second-order valence-corrected chi connectivity index (χ2v) is 6.24. The molecule has 0 aliphatic heterocycles. The number of rotatable bonds is 5. The summed E-state index contributed by atoms with van der Waals surface area (Å²) in [5.74, 6) is 3.90. The number of nitrogens with one attached hydrogen (secondary N) is 1. The molecule has 2 heterocycles. The SMILES string of the molecule is CCNc1nc(CSCC)nc2sc(C)cc12. The summed E-state index contributed by atoms with van der Waals surface area (Å²) in [5.41, 5.74) is 0.